The molecule has 0 aliphatic heterocycles. The second kappa shape index (κ2) is 6.37. The second-order valence-electron chi connectivity index (χ2n) is 4.56. The SMILES string of the molecule is COC(=O)c1ccc(Cl)c(S(=O)(=O)Nc2ccccc2C)c1. The fraction of sp³-hybridized carbons (Fsp3) is 0.133. The van der Waals surface area contributed by atoms with Gasteiger partial charge in [-0.05, 0) is 36.8 Å². The molecule has 2 aromatic carbocycles. The first-order valence-corrected chi connectivity index (χ1v) is 8.17. The molecule has 0 aliphatic rings. The number of methoxy groups -OCH3 is 1. The van der Waals surface area contributed by atoms with Crippen LogP contribution in [0.25, 0.3) is 0 Å². The van der Waals surface area contributed by atoms with Gasteiger partial charge in [-0.25, -0.2) is 13.2 Å². The van der Waals surface area contributed by atoms with E-state index in [0.717, 1.165) is 5.56 Å². The number of anilines is 1. The number of nitrogens with one attached hydrogen (secondary N) is 1. The Morgan fingerprint density at radius 1 is 1.18 bits per heavy atom. The maximum Gasteiger partial charge on any atom is 0.337 e. The Kier molecular flexibility index (Phi) is 4.73. The van der Waals surface area contributed by atoms with Gasteiger partial charge in [0, 0.05) is 0 Å². The standard InChI is InChI=1S/C15H14ClNO4S/c1-10-5-3-4-6-13(10)17-22(19,20)14-9-11(15(18)21-2)7-8-12(14)16/h3-9,17H,1-2H3. The molecule has 0 heterocycles. The lowest BCUT2D eigenvalue weighted by atomic mass is 10.2. The number of esters is 1. The molecule has 22 heavy (non-hydrogen) atoms. The maximum absolute atomic E-state index is 12.5. The normalized spacial score (nSPS) is 11.0. The van der Waals surface area contributed by atoms with E-state index in [2.05, 4.69) is 9.46 Å². The number of carbonyl (C=O) groups excluding carboxylic acids is 1. The summed E-state index contributed by atoms with van der Waals surface area (Å²) in [4.78, 5) is 11.4. The quantitative estimate of drug-likeness (QED) is 0.868. The summed E-state index contributed by atoms with van der Waals surface area (Å²) in [5.41, 5.74) is 1.32. The average Bonchev–Trinajstić information content (AvgIpc) is 2.49. The smallest absolute Gasteiger partial charge is 0.337 e. The van der Waals surface area contributed by atoms with E-state index in [0.29, 0.717) is 5.69 Å². The van der Waals surface area contributed by atoms with Crippen molar-refractivity contribution in [3.63, 3.8) is 0 Å². The molecule has 0 bridgehead atoms. The third-order valence-electron chi connectivity index (χ3n) is 3.03. The number of ether oxygens (including phenoxy) is 1. The molecule has 7 heteroatoms. The van der Waals surface area contributed by atoms with Gasteiger partial charge in [0.2, 0.25) is 0 Å². The molecule has 0 aromatic heterocycles. The van der Waals surface area contributed by atoms with Crippen LogP contribution in [0, 0.1) is 6.92 Å². The molecule has 0 radical (unpaired) electrons. The summed E-state index contributed by atoms with van der Waals surface area (Å²) in [6.45, 7) is 1.78. The molecule has 0 amide bonds. The minimum Gasteiger partial charge on any atom is -0.465 e. The van der Waals surface area contributed by atoms with E-state index >= 15 is 0 Å². The number of halogens is 1. The van der Waals surface area contributed by atoms with E-state index < -0.39 is 16.0 Å². The first-order valence-electron chi connectivity index (χ1n) is 6.31. The van der Waals surface area contributed by atoms with Crippen molar-refractivity contribution >= 4 is 33.3 Å². The largest absolute Gasteiger partial charge is 0.465 e. The number of hydrogen-bond acceptors (Lipinski definition) is 4. The Labute approximate surface area is 133 Å². The topological polar surface area (TPSA) is 72.5 Å². The summed E-state index contributed by atoms with van der Waals surface area (Å²) >= 11 is 5.96. The van der Waals surface area contributed by atoms with Crippen LogP contribution in [0.4, 0.5) is 5.69 Å². The van der Waals surface area contributed by atoms with E-state index in [1.807, 2.05) is 0 Å². The number of rotatable bonds is 4. The van der Waals surface area contributed by atoms with Crippen molar-refractivity contribution in [1.82, 2.24) is 0 Å². The van der Waals surface area contributed by atoms with Crippen molar-refractivity contribution in [1.29, 1.82) is 0 Å². The fourth-order valence-corrected chi connectivity index (χ4v) is 3.50. The molecule has 2 aromatic rings. The highest BCUT2D eigenvalue weighted by Crippen LogP contribution is 2.26. The summed E-state index contributed by atoms with van der Waals surface area (Å²) < 4.78 is 32.0. The molecule has 0 aliphatic carbocycles. The van der Waals surface area contributed by atoms with Gasteiger partial charge in [0.25, 0.3) is 10.0 Å². The van der Waals surface area contributed by atoms with Gasteiger partial charge in [0.15, 0.2) is 0 Å². The second-order valence-corrected chi connectivity index (χ2v) is 6.62. The van der Waals surface area contributed by atoms with Crippen LogP contribution in [0.5, 0.6) is 0 Å². The predicted molar refractivity (Wildman–Crippen MR) is 84.8 cm³/mol. The van der Waals surface area contributed by atoms with Crippen molar-refractivity contribution in [2.75, 3.05) is 11.8 Å². The molecule has 5 nitrogen and oxygen atoms in total. The van der Waals surface area contributed by atoms with Crippen molar-refractivity contribution in [3.8, 4) is 0 Å². The van der Waals surface area contributed by atoms with Gasteiger partial charge in [0.1, 0.15) is 4.90 Å². The van der Waals surface area contributed by atoms with Crippen molar-refractivity contribution in [3.05, 3.63) is 58.6 Å². The Balaban J connectivity index is 2.45. The summed E-state index contributed by atoms with van der Waals surface area (Å²) in [7, 11) is -2.70. The van der Waals surface area contributed by atoms with Crippen LogP contribution in [-0.2, 0) is 14.8 Å². The van der Waals surface area contributed by atoms with Gasteiger partial charge < -0.3 is 4.74 Å². The van der Waals surface area contributed by atoms with Crippen LogP contribution in [-0.4, -0.2) is 21.5 Å². The molecule has 0 fully saturated rings. The molecule has 116 valence electrons. The molecule has 0 saturated heterocycles. The van der Waals surface area contributed by atoms with E-state index in [-0.39, 0.29) is 15.5 Å². The van der Waals surface area contributed by atoms with Crippen LogP contribution >= 0.6 is 11.6 Å². The van der Waals surface area contributed by atoms with Gasteiger partial charge in [-0.1, -0.05) is 29.8 Å². The van der Waals surface area contributed by atoms with Crippen LogP contribution in [0.3, 0.4) is 0 Å². The minimum absolute atomic E-state index is 0.0220. The van der Waals surface area contributed by atoms with Gasteiger partial charge >= 0.3 is 5.97 Å². The van der Waals surface area contributed by atoms with Crippen molar-refractivity contribution in [2.24, 2.45) is 0 Å². The zero-order valence-corrected chi connectivity index (χ0v) is 13.5. The lowest BCUT2D eigenvalue weighted by Gasteiger charge is -2.12. The number of aryl methyl sites for hydroxylation is 1. The zero-order valence-electron chi connectivity index (χ0n) is 12.0. The summed E-state index contributed by atoms with van der Waals surface area (Å²) in [6, 6.07) is 10.9. The van der Waals surface area contributed by atoms with Crippen LogP contribution in [0.2, 0.25) is 5.02 Å². The van der Waals surface area contributed by atoms with E-state index in [1.165, 1.54) is 25.3 Å². The first-order chi connectivity index (χ1) is 10.3. The monoisotopic (exact) mass is 339 g/mol. The number of sulfonamides is 1. The Morgan fingerprint density at radius 3 is 2.50 bits per heavy atom. The van der Waals surface area contributed by atoms with Gasteiger partial charge in [-0.15, -0.1) is 0 Å². The third-order valence-corrected chi connectivity index (χ3v) is 4.88. The van der Waals surface area contributed by atoms with E-state index in [4.69, 9.17) is 11.6 Å². The fourth-order valence-electron chi connectivity index (χ4n) is 1.84. The summed E-state index contributed by atoms with van der Waals surface area (Å²) in [5, 5.41) is 0.0220. The van der Waals surface area contributed by atoms with Crippen LogP contribution in [0.15, 0.2) is 47.4 Å². The molecule has 1 N–H and O–H groups in total. The molecule has 0 saturated carbocycles. The van der Waals surface area contributed by atoms with Crippen molar-refractivity contribution < 1.29 is 17.9 Å². The Morgan fingerprint density at radius 2 is 1.86 bits per heavy atom. The molecule has 0 unspecified atom stereocenters. The van der Waals surface area contributed by atoms with Gasteiger partial charge in [-0.2, -0.15) is 0 Å². The highest BCUT2D eigenvalue weighted by molar-refractivity contribution is 7.92. The first kappa shape index (κ1) is 16.3. The highest BCUT2D eigenvalue weighted by Gasteiger charge is 2.21. The number of benzene rings is 2. The van der Waals surface area contributed by atoms with Crippen molar-refractivity contribution in [2.45, 2.75) is 11.8 Å². The van der Waals surface area contributed by atoms with E-state index in [1.54, 1.807) is 31.2 Å². The summed E-state index contributed by atoms with van der Waals surface area (Å²) in [6.07, 6.45) is 0. The van der Waals surface area contributed by atoms with Gasteiger partial charge in [0.05, 0.1) is 23.4 Å². The highest BCUT2D eigenvalue weighted by atomic mass is 35.5. The third kappa shape index (κ3) is 3.40. The molecule has 0 atom stereocenters. The zero-order chi connectivity index (χ0) is 16.3. The summed E-state index contributed by atoms with van der Waals surface area (Å²) in [5.74, 6) is -0.635. The molecular weight excluding hydrogens is 326 g/mol. The minimum atomic E-state index is -3.92. The maximum atomic E-state index is 12.5. The molecule has 0 spiro atoms. The number of carbonyl (C=O) groups is 1. The van der Waals surface area contributed by atoms with Crippen LogP contribution in [0.1, 0.15) is 15.9 Å². The predicted octanol–water partition coefficient (Wildman–Crippen LogP) is 3.24. The average molecular weight is 340 g/mol. The lowest BCUT2D eigenvalue weighted by Crippen LogP contribution is -2.15. The number of hydrogen-bond donors (Lipinski definition) is 1. The Bertz CT molecular complexity index is 818. The Hall–Kier alpha value is -2.05. The lowest BCUT2D eigenvalue weighted by molar-refractivity contribution is 0.0600. The number of para-hydroxylation sites is 1. The molecular formula is C15H14ClNO4S. The van der Waals surface area contributed by atoms with Gasteiger partial charge in [-0.3, -0.25) is 4.72 Å². The van der Waals surface area contributed by atoms with E-state index in [9.17, 15) is 13.2 Å². The van der Waals surface area contributed by atoms with Crippen LogP contribution < -0.4 is 4.72 Å². The molecule has 2 rings (SSSR count).